The minimum absolute atomic E-state index is 0.0658. The minimum Gasteiger partial charge on any atom is -0.352 e. The van der Waals surface area contributed by atoms with Crippen molar-refractivity contribution in [3.05, 3.63) is 12.2 Å². The Bertz CT molecular complexity index is 453. The number of aromatic nitrogens is 3. The molecule has 0 atom stereocenters. The van der Waals surface area contributed by atoms with Crippen molar-refractivity contribution in [1.29, 1.82) is 5.26 Å². The first-order chi connectivity index (χ1) is 8.67. The number of rotatable bonds is 3. The van der Waals surface area contributed by atoms with Gasteiger partial charge >= 0.3 is 0 Å². The third kappa shape index (κ3) is 3.29. The minimum atomic E-state index is -0.0658. The van der Waals surface area contributed by atoms with E-state index in [2.05, 4.69) is 22.3 Å². The average Bonchev–Trinajstić information content (AvgIpc) is 2.79. The predicted molar refractivity (Wildman–Crippen MR) is 64.3 cm³/mol. The van der Waals surface area contributed by atoms with Gasteiger partial charge in [-0.3, -0.25) is 4.79 Å². The van der Waals surface area contributed by atoms with Crippen LogP contribution in [0, 0.1) is 17.2 Å². The molecule has 1 amide bonds. The first-order valence-corrected chi connectivity index (χ1v) is 6.26. The molecule has 1 aliphatic rings. The number of hydrogen-bond donors (Lipinski definition) is 1. The molecule has 1 aromatic rings. The Morgan fingerprint density at radius 1 is 1.56 bits per heavy atom. The van der Waals surface area contributed by atoms with E-state index in [0.717, 1.165) is 18.8 Å². The van der Waals surface area contributed by atoms with Gasteiger partial charge in [-0.15, -0.1) is 5.10 Å². The van der Waals surface area contributed by atoms with Crippen LogP contribution < -0.4 is 5.32 Å². The van der Waals surface area contributed by atoms with Crippen LogP contribution in [-0.4, -0.2) is 26.7 Å². The van der Waals surface area contributed by atoms with E-state index in [1.807, 2.05) is 6.07 Å². The fourth-order valence-corrected chi connectivity index (χ4v) is 2.25. The van der Waals surface area contributed by atoms with Gasteiger partial charge in [0.05, 0.1) is 0 Å². The number of nitriles is 1. The van der Waals surface area contributed by atoms with Crippen molar-refractivity contribution < 1.29 is 4.79 Å². The standard InChI is InChI=1S/C12H17N5O/c1-9-2-4-10(5-3-9)15-12(18)7-17-8-14-11(6-13)16-17/h8-10H,2-5,7H2,1H3,(H,15,18). The number of amides is 1. The van der Waals surface area contributed by atoms with Gasteiger partial charge in [-0.2, -0.15) is 5.26 Å². The molecule has 1 fully saturated rings. The molecule has 0 aromatic carbocycles. The zero-order valence-corrected chi connectivity index (χ0v) is 10.5. The van der Waals surface area contributed by atoms with E-state index < -0.39 is 0 Å². The van der Waals surface area contributed by atoms with E-state index >= 15 is 0 Å². The molecule has 96 valence electrons. The predicted octanol–water partition coefficient (Wildman–Crippen LogP) is 0.845. The second-order valence-electron chi connectivity index (χ2n) is 4.90. The molecule has 0 unspecified atom stereocenters. The molecular weight excluding hydrogens is 230 g/mol. The highest BCUT2D eigenvalue weighted by atomic mass is 16.2. The molecule has 0 saturated heterocycles. The lowest BCUT2D eigenvalue weighted by Gasteiger charge is -2.26. The van der Waals surface area contributed by atoms with Gasteiger partial charge in [0.1, 0.15) is 18.9 Å². The summed E-state index contributed by atoms with van der Waals surface area (Å²) in [5.74, 6) is 0.796. The van der Waals surface area contributed by atoms with Crippen molar-refractivity contribution in [2.75, 3.05) is 0 Å². The summed E-state index contributed by atoms with van der Waals surface area (Å²) in [7, 11) is 0. The van der Waals surface area contributed by atoms with Gasteiger partial charge in [-0.05, 0) is 31.6 Å². The van der Waals surface area contributed by atoms with Gasteiger partial charge in [0.15, 0.2) is 0 Å². The van der Waals surface area contributed by atoms with E-state index in [1.54, 1.807) is 0 Å². The monoisotopic (exact) mass is 247 g/mol. The molecule has 1 N–H and O–H groups in total. The summed E-state index contributed by atoms with van der Waals surface area (Å²) < 4.78 is 1.39. The quantitative estimate of drug-likeness (QED) is 0.858. The molecule has 0 radical (unpaired) electrons. The second kappa shape index (κ2) is 5.63. The molecule has 0 bridgehead atoms. The third-order valence-electron chi connectivity index (χ3n) is 3.32. The van der Waals surface area contributed by atoms with E-state index in [4.69, 9.17) is 5.26 Å². The van der Waals surface area contributed by atoms with Gasteiger partial charge in [-0.25, -0.2) is 9.67 Å². The zero-order chi connectivity index (χ0) is 13.0. The molecule has 18 heavy (non-hydrogen) atoms. The fraction of sp³-hybridized carbons (Fsp3) is 0.667. The summed E-state index contributed by atoms with van der Waals surface area (Å²) in [5.41, 5.74) is 0. The average molecular weight is 247 g/mol. The van der Waals surface area contributed by atoms with Crippen molar-refractivity contribution in [3.8, 4) is 6.07 Å². The molecule has 0 spiro atoms. The lowest BCUT2D eigenvalue weighted by atomic mass is 9.87. The Morgan fingerprint density at radius 2 is 2.28 bits per heavy atom. The third-order valence-corrected chi connectivity index (χ3v) is 3.32. The summed E-state index contributed by atoms with van der Waals surface area (Å²) in [6.45, 7) is 2.37. The first kappa shape index (κ1) is 12.6. The normalized spacial score (nSPS) is 23.3. The summed E-state index contributed by atoms with van der Waals surface area (Å²) in [6, 6.07) is 2.12. The molecule has 1 aromatic heterocycles. The molecule has 1 saturated carbocycles. The van der Waals surface area contributed by atoms with Crippen LogP contribution in [0.2, 0.25) is 0 Å². The van der Waals surface area contributed by atoms with Gasteiger partial charge in [-0.1, -0.05) is 6.92 Å². The van der Waals surface area contributed by atoms with Crippen molar-refractivity contribution >= 4 is 5.91 Å². The fourth-order valence-electron chi connectivity index (χ4n) is 2.25. The van der Waals surface area contributed by atoms with E-state index in [0.29, 0.717) is 0 Å². The topological polar surface area (TPSA) is 83.6 Å². The summed E-state index contributed by atoms with van der Waals surface area (Å²) >= 11 is 0. The van der Waals surface area contributed by atoms with Crippen LogP contribution in [0.25, 0.3) is 0 Å². The van der Waals surface area contributed by atoms with Crippen LogP contribution in [0.5, 0.6) is 0 Å². The van der Waals surface area contributed by atoms with E-state index in [9.17, 15) is 4.79 Å². The maximum atomic E-state index is 11.8. The maximum Gasteiger partial charge on any atom is 0.252 e. The van der Waals surface area contributed by atoms with Crippen LogP contribution in [-0.2, 0) is 11.3 Å². The van der Waals surface area contributed by atoms with Crippen LogP contribution in [0.3, 0.4) is 0 Å². The van der Waals surface area contributed by atoms with Crippen molar-refractivity contribution in [3.63, 3.8) is 0 Å². The molecule has 1 heterocycles. The van der Waals surface area contributed by atoms with Crippen molar-refractivity contribution in [2.45, 2.75) is 45.2 Å². The Balaban J connectivity index is 1.80. The Labute approximate surface area is 106 Å². The SMILES string of the molecule is CC1CCC(NC(=O)Cn2cnc(C#N)n2)CC1. The summed E-state index contributed by atoms with van der Waals surface area (Å²) in [4.78, 5) is 15.5. The van der Waals surface area contributed by atoms with E-state index in [-0.39, 0.29) is 24.3 Å². The van der Waals surface area contributed by atoms with Crippen LogP contribution >= 0.6 is 0 Å². The molecule has 6 heteroatoms. The highest BCUT2D eigenvalue weighted by molar-refractivity contribution is 5.75. The molecule has 0 aliphatic heterocycles. The van der Waals surface area contributed by atoms with Gasteiger partial charge in [0, 0.05) is 6.04 Å². The number of nitrogens with one attached hydrogen (secondary N) is 1. The summed E-state index contributed by atoms with van der Waals surface area (Å²) in [5, 5.41) is 15.4. The van der Waals surface area contributed by atoms with Crippen molar-refractivity contribution in [1.82, 2.24) is 20.1 Å². The Hall–Kier alpha value is -1.90. The van der Waals surface area contributed by atoms with Crippen LogP contribution in [0.4, 0.5) is 0 Å². The molecule has 1 aliphatic carbocycles. The summed E-state index contributed by atoms with van der Waals surface area (Å²) in [6.07, 6.45) is 5.85. The first-order valence-electron chi connectivity index (χ1n) is 6.26. The maximum absolute atomic E-state index is 11.8. The molecular formula is C12H17N5O. The highest BCUT2D eigenvalue weighted by Gasteiger charge is 2.19. The lowest BCUT2D eigenvalue weighted by molar-refractivity contribution is -0.122. The lowest BCUT2D eigenvalue weighted by Crippen LogP contribution is -2.39. The number of carbonyl (C=O) groups is 1. The van der Waals surface area contributed by atoms with Crippen LogP contribution in [0.15, 0.2) is 6.33 Å². The van der Waals surface area contributed by atoms with Gasteiger partial charge in [0.25, 0.3) is 5.82 Å². The van der Waals surface area contributed by atoms with Crippen LogP contribution in [0.1, 0.15) is 38.4 Å². The largest absolute Gasteiger partial charge is 0.352 e. The van der Waals surface area contributed by atoms with Gasteiger partial charge in [0.2, 0.25) is 5.91 Å². The zero-order valence-electron chi connectivity index (χ0n) is 10.5. The van der Waals surface area contributed by atoms with Crippen molar-refractivity contribution in [2.24, 2.45) is 5.92 Å². The highest BCUT2D eigenvalue weighted by Crippen LogP contribution is 2.23. The molecule has 6 nitrogen and oxygen atoms in total. The number of carbonyl (C=O) groups excluding carboxylic acids is 1. The van der Waals surface area contributed by atoms with E-state index in [1.165, 1.54) is 23.9 Å². The Morgan fingerprint density at radius 3 is 2.89 bits per heavy atom. The Kier molecular flexibility index (Phi) is 3.92. The molecule has 2 rings (SSSR count). The number of nitrogens with zero attached hydrogens (tertiary/aromatic N) is 4. The van der Waals surface area contributed by atoms with Gasteiger partial charge < -0.3 is 5.32 Å². The number of hydrogen-bond acceptors (Lipinski definition) is 4. The smallest absolute Gasteiger partial charge is 0.252 e. The second-order valence-corrected chi connectivity index (χ2v) is 4.90.